The van der Waals surface area contributed by atoms with Crippen LogP contribution >= 0.6 is 34.5 Å². The van der Waals surface area contributed by atoms with E-state index in [9.17, 15) is 8.78 Å². The molecule has 0 aliphatic rings. The normalized spacial score (nSPS) is 13.8. The van der Waals surface area contributed by atoms with E-state index in [1.165, 1.54) is 0 Å². The third kappa shape index (κ3) is 2.09. The summed E-state index contributed by atoms with van der Waals surface area (Å²) in [7, 11) is 0. The quantitative estimate of drug-likeness (QED) is 0.667. The number of hydrogen-bond donors (Lipinski definition) is 0. The van der Waals surface area contributed by atoms with Crippen LogP contribution in [0.3, 0.4) is 0 Å². The van der Waals surface area contributed by atoms with Crippen molar-refractivity contribution in [1.82, 2.24) is 0 Å². The predicted octanol–water partition coefficient (Wildman–Crippen LogP) is 4.25. The van der Waals surface area contributed by atoms with Crippen LogP contribution in [0.4, 0.5) is 8.78 Å². The lowest BCUT2D eigenvalue weighted by Gasteiger charge is -2.03. The van der Waals surface area contributed by atoms with E-state index < -0.39 is 11.8 Å². The van der Waals surface area contributed by atoms with Crippen LogP contribution in [0.1, 0.15) is 15.8 Å². The number of aryl methyl sites for hydroxylation is 1. The Morgan fingerprint density at radius 2 is 2.08 bits per heavy atom. The van der Waals surface area contributed by atoms with Gasteiger partial charge >= 0.3 is 0 Å². The van der Waals surface area contributed by atoms with E-state index in [0.29, 0.717) is 9.21 Å². The number of thiophene rings is 1. The summed E-state index contributed by atoms with van der Waals surface area (Å²) < 4.78 is 24.7. The zero-order valence-corrected chi connectivity index (χ0v) is 8.48. The van der Waals surface area contributed by atoms with Gasteiger partial charge in [-0.3, -0.25) is 0 Å². The predicted molar refractivity (Wildman–Crippen MR) is 48.7 cm³/mol. The molecule has 1 aromatic heterocycles. The van der Waals surface area contributed by atoms with Gasteiger partial charge in [0, 0.05) is 4.88 Å². The molecule has 0 N–H and O–H groups in total. The molecule has 0 amide bonds. The van der Waals surface area contributed by atoms with Crippen LogP contribution in [0.2, 0.25) is 4.34 Å². The maximum absolute atomic E-state index is 12.1. The molecule has 1 aromatic rings. The highest BCUT2D eigenvalue weighted by molar-refractivity contribution is 7.16. The van der Waals surface area contributed by atoms with Gasteiger partial charge in [-0.25, -0.2) is 8.78 Å². The van der Waals surface area contributed by atoms with Crippen LogP contribution in [-0.4, -0.2) is 6.43 Å². The van der Waals surface area contributed by atoms with Crippen LogP contribution in [-0.2, 0) is 0 Å². The van der Waals surface area contributed by atoms with E-state index in [-0.39, 0.29) is 0 Å². The fraction of sp³-hybridized carbons (Fsp3) is 0.429. The van der Waals surface area contributed by atoms with Gasteiger partial charge < -0.3 is 0 Å². The van der Waals surface area contributed by atoms with E-state index in [4.69, 9.17) is 23.2 Å². The topological polar surface area (TPSA) is 0 Å². The Labute approximate surface area is 83.1 Å². The van der Waals surface area contributed by atoms with Gasteiger partial charge in [0.2, 0.25) is 0 Å². The van der Waals surface area contributed by atoms with Crippen LogP contribution in [0.15, 0.2) is 6.07 Å². The molecular weight excluding hydrogens is 225 g/mol. The molecule has 0 aromatic carbocycles. The summed E-state index contributed by atoms with van der Waals surface area (Å²) in [6.07, 6.45) is -2.54. The molecule has 0 bridgehead atoms. The van der Waals surface area contributed by atoms with Crippen LogP contribution in [0, 0.1) is 6.92 Å². The van der Waals surface area contributed by atoms with Crippen molar-refractivity contribution in [1.29, 1.82) is 0 Å². The van der Waals surface area contributed by atoms with Crippen molar-refractivity contribution in [2.75, 3.05) is 0 Å². The summed E-state index contributed by atoms with van der Waals surface area (Å²) in [6, 6.07) is 1.59. The van der Waals surface area contributed by atoms with Gasteiger partial charge in [-0.2, -0.15) is 0 Å². The maximum Gasteiger partial charge on any atom is 0.259 e. The van der Waals surface area contributed by atoms with Gasteiger partial charge in [0.05, 0.1) is 4.34 Å². The third-order valence-corrected chi connectivity index (χ3v) is 3.56. The Hall–Kier alpha value is 0.140. The highest BCUT2D eigenvalue weighted by atomic mass is 35.5. The smallest absolute Gasteiger partial charge is 0.208 e. The molecule has 0 aliphatic carbocycles. The van der Waals surface area contributed by atoms with Crippen molar-refractivity contribution in [3.05, 3.63) is 20.8 Å². The largest absolute Gasteiger partial charge is 0.259 e. The number of alkyl halides is 3. The van der Waals surface area contributed by atoms with Gasteiger partial charge in [0.25, 0.3) is 6.43 Å². The van der Waals surface area contributed by atoms with Crippen LogP contribution in [0.25, 0.3) is 0 Å². The Balaban J connectivity index is 2.89. The second-order valence-electron chi connectivity index (χ2n) is 2.34. The molecule has 1 unspecified atom stereocenters. The van der Waals surface area contributed by atoms with E-state index in [0.717, 1.165) is 16.9 Å². The first-order chi connectivity index (χ1) is 5.52. The molecule has 5 heteroatoms. The van der Waals surface area contributed by atoms with Crippen molar-refractivity contribution >= 4 is 34.5 Å². The molecule has 1 heterocycles. The Morgan fingerprint density at radius 1 is 1.50 bits per heavy atom. The second kappa shape index (κ2) is 3.90. The SMILES string of the molecule is Cc1cc(C(Cl)C(F)F)sc1Cl. The van der Waals surface area contributed by atoms with Crippen molar-refractivity contribution in [2.24, 2.45) is 0 Å². The number of hydrogen-bond acceptors (Lipinski definition) is 1. The lowest BCUT2D eigenvalue weighted by atomic mass is 10.3. The first-order valence-electron chi connectivity index (χ1n) is 3.20. The fourth-order valence-corrected chi connectivity index (χ4v) is 2.14. The number of halogens is 4. The first kappa shape index (κ1) is 10.2. The summed E-state index contributed by atoms with van der Waals surface area (Å²) in [5.74, 6) is 0. The van der Waals surface area contributed by atoms with E-state index in [1.807, 2.05) is 0 Å². The van der Waals surface area contributed by atoms with E-state index in [1.54, 1.807) is 13.0 Å². The third-order valence-electron chi connectivity index (χ3n) is 1.37. The van der Waals surface area contributed by atoms with Gasteiger partial charge in [-0.15, -0.1) is 22.9 Å². The fourth-order valence-electron chi connectivity index (χ4n) is 0.744. The van der Waals surface area contributed by atoms with Crippen molar-refractivity contribution in [3.8, 4) is 0 Å². The van der Waals surface area contributed by atoms with Gasteiger partial charge in [-0.1, -0.05) is 11.6 Å². The molecule has 0 saturated carbocycles. The zero-order chi connectivity index (χ0) is 9.30. The van der Waals surface area contributed by atoms with Gasteiger partial charge in [0.15, 0.2) is 0 Å². The minimum Gasteiger partial charge on any atom is -0.208 e. The molecule has 0 spiro atoms. The lowest BCUT2D eigenvalue weighted by molar-refractivity contribution is 0.144. The second-order valence-corrected chi connectivity index (χ2v) is 4.50. The monoisotopic (exact) mass is 230 g/mol. The standard InChI is InChI=1S/C7H6Cl2F2S/c1-3-2-4(12-6(3)9)5(8)7(10)11/h2,5,7H,1H3. The molecule has 1 atom stereocenters. The molecule has 1 rings (SSSR count). The van der Waals surface area contributed by atoms with E-state index >= 15 is 0 Å². The molecule has 68 valence electrons. The number of rotatable bonds is 2. The summed E-state index contributed by atoms with van der Waals surface area (Å²) >= 11 is 12.2. The average molecular weight is 231 g/mol. The highest BCUT2D eigenvalue weighted by Crippen LogP contribution is 2.36. The molecule has 12 heavy (non-hydrogen) atoms. The summed E-state index contributed by atoms with van der Waals surface area (Å²) in [5.41, 5.74) is 0.794. The highest BCUT2D eigenvalue weighted by Gasteiger charge is 2.21. The Morgan fingerprint density at radius 3 is 2.42 bits per heavy atom. The van der Waals surface area contributed by atoms with Crippen molar-refractivity contribution in [3.63, 3.8) is 0 Å². The summed E-state index contributed by atoms with van der Waals surface area (Å²) in [5, 5.41) is -1.24. The minimum atomic E-state index is -2.54. The summed E-state index contributed by atoms with van der Waals surface area (Å²) in [6.45, 7) is 1.76. The minimum absolute atomic E-state index is 0.425. The van der Waals surface area contributed by atoms with Crippen LogP contribution in [0.5, 0.6) is 0 Å². The zero-order valence-electron chi connectivity index (χ0n) is 6.15. The van der Waals surface area contributed by atoms with Crippen molar-refractivity contribution in [2.45, 2.75) is 18.7 Å². The van der Waals surface area contributed by atoms with E-state index in [2.05, 4.69) is 0 Å². The van der Waals surface area contributed by atoms with Gasteiger partial charge in [-0.05, 0) is 18.6 Å². The first-order valence-corrected chi connectivity index (χ1v) is 4.83. The maximum atomic E-state index is 12.1. The molecule has 0 nitrogen and oxygen atoms in total. The van der Waals surface area contributed by atoms with Gasteiger partial charge in [0.1, 0.15) is 5.38 Å². The molecule has 0 saturated heterocycles. The Bertz CT molecular complexity index is 253. The Kier molecular flexibility index (Phi) is 3.32. The molecule has 0 fully saturated rings. The lowest BCUT2D eigenvalue weighted by Crippen LogP contribution is -1.98. The van der Waals surface area contributed by atoms with Crippen LogP contribution < -0.4 is 0 Å². The molecular formula is C7H6Cl2F2S. The molecule has 0 aliphatic heterocycles. The average Bonchev–Trinajstić information content (AvgIpc) is 2.30. The molecule has 0 radical (unpaired) electrons. The van der Waals surface area contributed by atoms with Crippen molar-refractivity contribution < 1.29 is 8.78 Å². The summed E-state index contributed by atoms with van der Waals surface area (Å²) in [4.78, 5) is 0.425.